The summed E-state index contributed by atoms with van der Waals surface area (Å²) in [6.07, 6.45) is 5.39. The van der Waals surface area contributed by atoms with Crippen molar-refractivity contribution in [3.05, 3.63) is 130 Å². The molecule has 4 aromatic rings. The number of anilines is 1. The van der Waals surface area contributed by atoms with Crippen molar-refractivity contribution in [2.75, 3.05) is 5.32 Å². The van der Waals surface area contributed by atoms with E-state index in [1.807, 2.05) is 36.5 Å². The molecular weight excluding hydrogens is 493 g/mol. The van der Waals surface area contributed by atoms with Gasteiger partial charge < -0.3 is 5.32 Å². The van der Waals surface area contributed by atoms with E-state index >= 15 is 0 Å². The topological polar surface area (TPSA) is 24.4 Å². The van der Waals surface area contributed by atoms with Crippen LogP contribution in [0, 0.1) is 0 Å². The number of halogens is 3. The molecule has 0 fully saturated rings. The summed E-state index contributed by atoms with van der Waals surface area (Å²) in [7, 11) is 0. The van der Waals surface area contributed by atoms with Crippen molar-refractivity contribution in [2.45, 2.75) is 43.7 Å². The van der Waals surface area contributed by atoms with Gasteiger partial charge in [-0.1, -0.05) is 66.7 Å². The van der Waals surface area contributed by atoms with Crippen LogP contribution in [0.1, 0.15) is 51.8 Å². The van der Waals surface area contributed by atoms with Crippen LogP contribution in [0.4, 0.5) is 24.5 Å². The van der Waals surface area contributed by atoms with Crippen LogP contribution < -0.4 is 5.32 Å². The molecule has 0 amide bonds. The van der Waals surface area contributed by atoms with E-state index in [0.717, 1.165) is 48.2 Å². The number of fused-ring (bicyclic) bond motifs is 6. The van der Waals surface area contributed by atoms with Gasteiger partial charge in [-0.3, -0.25) is 4.99 Å². The van der Waals surface area contributed by atoms with Gasteiger partial charge in [-0.05, 0) is 94.8 Å². The minimum Gasteiger partial charge on any atom is -0.360 e. The number of para-hydroxylation sites is 1. The van der Waals surface area contributed by atoms with Crippen LogP contribution in [0.2, 0.25) is 0 Å². The SMILES string of the molecule is FC(F)(F)c1cccc(C2(c3cccc4c3N=CC=CN4)CCCc3c2ccc2c3CCc3ccccc3-2)c1. The number of nitrogens with one attached hydrogen (secondary N) is 1. The third kappa shape index (κ3) is 3.75. The molecule has 0 radical (unpaired) electrons. The average molecular weight is 521 g/mol. The van der Waals surface area contributed by atoms with Crippen molar-refractivity contribution in [3.8, 4) is 11.1 Å². The zero-order valence-electron chi connectivity index (χ0n) is 21.4. The van der Waals surface area contributed by atoms with Gasteiger partial charge in [-0.2, -0.15) is 13.2 Å². The highest BCUT2D eigenvalue weighted by molar-refractivity contribution is 5.85. The first-order valence-corrected chi connectivity index (χ1v) is 13.5. The highest BCUT2D eigenvalue weighted by Crippen LogP contribution is 2.54. The molecule has 3 aliphatic rings. The first-order valence-electron chi connectivity index (χ1n) is 13.5. The van der Waals surface area contributed by atoms with Gasteiger partial charge in [0.05, 0.1) is 16.9 Å². The summed E-state index contributed by atoms with van der Waals surface area (Å²) in [6, 6.07) is 24.9. The third-order valence-corrected chi connectivity index (χ3v) is 8.62. The van der Waals surface area contributed by atoms with Crippen LogP contribution in [-0.4, -0.2) is 6.21 Å². The quantitative estimate of drug-likeness (QED) is 0.281. The van der Waals surface area contributed by atoms with Gasteiger partial charge in [0.25, 0.3) is 0 Å². The zero-order valence-corrected chi connectivity index (χ0v) is 21.4. The van der Waals surface area contributed by atoms with Crippen molar-refractivity contribution >= 4 is 17.6 Å². The van der Waals surface area contributed by atoms with Crippen molar-refractivity contribution in [1.82, 2.24) is 0 Å². The molecule has 194 valence electrons. The fourth-order valence-electron chi connectivity index (χ4n) is 6.98. The molecule has 5 heteroatoms. The van der Waals surface area contributed by atoms with Crippen LogP contribution in [0.15, 0.2) is 96.1 Å². The molecule has 1 unspecified atom stereocenters. The Morgan fingerprint density at radius 2 is 1.64 bits per heavy atom. The van der Waals surface area contributed by atoms with Gasteiger partial charge in [0.15, 0.2) is 0 Å². The fraction of sp³-hybridized carbons (Fsp3) is 0.206. The van der Waals surface area contributed by atoms with Gasteiger partial charge in [0.1, 0.15) is 0 Å². The van der Waals surface area contributed by atoms with Crippen LogP contribution >= 0.6 is 0 Å². The highest BCUT2D eigenvalue weighted by atomic mass is 19.4. The highest BCUT2D eigenvalue weighted by Gasteiger charge is 2.44. The van der Waals surface area contributed by atoms with Crippen molar-refractivity contribution in [3.63, 3.8) is 0 Å². The van der Waals surface area contributed by atoms with E-state index in [1.54, 1.807) is 12.3 Å². The number of rotatable bonds is 2. The Morgan fingerprint density at radius 1 is 0.769 bits per heavy atom. The normalized spacial score (nSPS) is 19.3. The van der Waals surface area contributed by atoms with E-state index < -0.39 is 17.2 Å². The minimum absolute atomic E-state index is 0.622. The largest absolute Gasteiger partial charge is 0.416 e. The maximum Gasteiger partial charge on any atom is 0.416 e. The lowest BCUT2D eigenvalue weighted by Gasteiger charge is -2.43. The minimum atomic E-state index is -4.43. The predicted octanol–water partition coefficient (Wildman–Crippen LogP) is 8.78. The van der Waals surface area contributed by atoms with Crippen LogP contribution in [0.5, 0.6) is 0 Å². The van der Waals surface area contributed by atoms with Gasteiger partial charge >= 0.3 is 6.18 Å². The number of benzene rings is 4. The Bertz CT molecular complexity index is 1660. The van der Waals surface area contributed by atoms with E-state index in [1.165, 1.54) is 39.9 Å². The number of hydrogen-bond donors (Lipinski definition) is 1. The second kappa shape index (κ2) is 8.98. The molecule has 4 aromatic carbocycles. The molecule has 7 rings (SSSR count). The summed E-state index contributed by atoms with van der Waals surface area (Å²) in [4.78, 5) is 4.80. The smallest absolute Gasteiger partial charge is 0.360 e. The van der Waals surface area contributed by atoms with Gasteiger partial charge in [0, 0.05) is 17.8 Å². The molecule has 1 atom stereocenters. The fourth-order valence-corrected chi connectivity index (χ4v) is 6.98. The van der Waals surface area contributed by atoms with E-state index in [2.05, 4.69) is 41.7 Å². The Balaban J connectivity index is 1.54. The number of aryl methyl sites for hydroxylation is 1. The van der Waals surface area contributed by atoms with Crippen LogP contribution in [0.25, 0.3) is 11.1 Å². The van der Waals surface area contributed by atoms with Crippen molar-refractivity contribution < 1.29 is 13.2 Å². The molecular formula is C34H27F3N2. The van der Waals surface area contributed by atoms with Gasteiger partial charge in [0.2, 0.25) is 0 Å². The number of hydrogen-bond acceptors (Lipinski definition) is 2. The average Bonchev–Trinajstić information content (AvgIpc) is 3.22. The Hall–Kier alpha value is -4.12. The number of aliphatic imine (C=N–C) groups is 1. The first kappa shape index (κ1) is 24.0. The van der Waals surface area contributed by atoms with Crippen LogP contribution in [0.3, 0.4) is 0 Å². The molecule has 0 saturated heterocycles. The third-order valence-electron chi connectivity index (χ3n) is 8.62. The lowest BCUT2D eigenvalue weighted by atomic mass is 9.60. The van der Waals surface area contributed by atoms with Crippen molar-refractivity contribution in [1.29, 1.82) is 0 Å². The maximum absolute atomic E-state index is 14.0. The molecule has 0 saturated carbocycles. The van der Waals surface area contributed by atoms with Crippen LogP contribution in [-0.2, 0) is 30.9 Å². The van der Waals surface area contributed by atoms with Gasteiger partial charge in [-0.15, -0.1) is 0 Å². The Morgan fingerprint density at radius 3 is 2.54 bits per heavy atom. The van der Waals surface area contributed by atoms with E-state index in [0.29, 0.717) is 12.0 Å². The summed E-state index contributed by atoms with van der Waals surface area (Å²) < 4.78 is 42.0. The summed E-state index contributed by atoms with van der Waals surface area (Å²) in [6.45, 7) is 0. The number of nitrogens with zero attached hydrogens (tertiary/aromatic N) is 1. The molecule has 0 aromatic heterocycles. The second-order valence-electron chi connectivity index (χ2n) is 10.6. The summed E-state index contributed by atoms with van der Waals surface area (Å²) in [5.74, 6) is 0. The maximum atomic E-state index is 14.0. The second-order valence-corrected chi connectivity index (χ2v) is 10.6. The monoisotopic (exact) mass is 520 g/mol. The predicted molar refractivity (Wildman–Crippen MR) is 151 cm³/mol. The molecule has 0 spiro atoms. The molecule has 1 N–H and O–H groups in total. The van der Waals surface area contributed by atoms with E-state index in [9.17, 15) is 13.2 Å². The molecule has 1 heterocycles. The lowest BCUT2D eigenvalue weighted by molar-refractivity contribution is -0.137. The molecule has 1 aliphatic heterocycles. The lowest BCUT2D eigenvalue weighted by Crippen LogP contribution is -2.35. The molecule has 2 nitrogen and oxygen atoms in total. The molecule has 0 bridgehead atoms. The zero-order chi connectivity index (χ0) is 26.6. The standard InChI is InChI=1S/C34H27F3N2/c35-34(36,37)24-9-3-8-23(21-24)33(30-12-4-13-31-32(30)39-20-6-19-38-31)18-5-11-28-27-15-14-22-7-1-2-10-25(22)26(27)16-17-29(28)33/h1-4,6-10,12-13,16-17,19-21,38H,5,11,14-15,18H2. The Kier molecular flexibility index (Phi) is 5.51. The summed E-state index contributed by atoms with van der Waals surface area (Å²) >= 11 is 0. The number of alkyl halides is 3. The molecule has 2 aliphatic carbocycles. The van der Waals surface area contributed by atoms with E-state index in [4.69, 9.17) is 4.99 Å². The number of allylic oxidation sites excluding steroid dienone is 1. The van der Waals surface area contributed by atoms with E-state index in [-0.39, 0.29) is 0 Å². The van der Waals surface area contributed by atoms with Crippen molar-refractivity contribution in [2.24, 2.45) is 4.99 Å². The Labute approximate surface area is 225 Å². The molecule has 39 heavy (non-hydrogen) atoms. The summed E-state index contributed by atoms with van der Waals surface area (Å²) in [5.41, 5.74) is 9.44. The first-order chi connectivity index (χ1) is 19.0. The summed E-state index contributed by atoms with van der Waals surface area (Å²) in [5, 5.41) is 3.31. The van der Waals surface area contributed by atoms with Gasteiger partial charge in [-0.25, -0.2) is 0 Å².